The van der Waals surface area contributed by atoms with E-state index >= 15 is 0 Å². The average molecular weight is 278 g/mol. The normalized spacial score (nSPS) is 11.7. The van der Waals surface area contributed by atoms with Gasteiger partial charge >= 0.3 is 6.03 Å². The number of carbonyl (C=O) groups is 2. The first-order valence-corrected chi connectivity index (χ1v) is 6.67. The summed E-state index contributed by atoms with van der Waals surface area (Å²) in [5.41, 5.74) is 12.5. The fourth-order valence-corrected chi connectivity index (χ4v) is 1.67. The summed E-state index contributed by atoms with van der Waals surface area (Å²) in [7, 11) is 0. The lowest BCUT2D eigenvalue weighted by Gasteiger charge is -2.09. The van der Waals surface area contributed by atoms with Crippen molar-refractivity contribution in [2.24, 2.45) is 11.5 Å². The van der Waals surface area contributed by atoms with Gasteiger partial charge in [0, 0.05) is 24.7 Å². The van der Waals surface area contributed by atoms with Crippen LogP contribution in [0.25, 0.3) is 0 Å². The van der Waals surface area contributed by atoms with Crippen LogP contribution in [0, 0.1) is 0 Å². The summed E-state index contributed by atoms with van der Waals surface area (Å²) >= 11 is 0. The van der Waals surface area contributed by atoms with Crippen LogP contribution in [-0.2, 0) is 4.79 Å². The SMILES string of the molecule is CC(N)c1ccc(NC(=O)NCCCCC(N)=O)cc1. The highest BCUT2D eigenvalue weighted by Crippen LogP contribution is 2.13. The summed E-state index contributed by atoms with van der Waals surface area (Å²) in [6.45, 7) is 2.41. The van der Waals surface area contributed by atoms with Gasteiger partial charge in [0.25, 0.3) is 0 Å². The maximum absolute atomic E-state index is 11.6. The van der Waals surface area contributed by atoms with Crippen molar-refractivity contribution < 1.29 is 9.59 Å². The van der Waals surface area contributed by atoms with Crippen molar-refractivity contribution in [3.05, 3.63) is 29.8 Å². The summed E-state index contributed by atoms with van der Waals surface area (Å²) in [6, 6.07) is 7.09. The molecule has 1 rings (SSSR count). The number of amides is 3. The number of unbranched alkanes of at least 4 members (excludes halogenated alkanes) is 1. The molecule has 6 heteroatoms. The van der Waals surface area contributed by atoms with E-state index in [0.717, 1.165) is 12.0 Å². The van der Waals surface area contributed by atoms with E-state index in [2.05, 4.69) is 10.6 Å². The summed E-state index contributed by atoms with van der Waals surface area (Å²) < 4.78 is 0. The molecule has 0 saturated carbocycles. The minimum absolute atomic E-state index is 0.0249. The Labute approximate surface area is 118 Å². The van der Waals surface area contributed by atoms with Crippen LogP contribution in [0.15, 0.2) is 24.3 Å². The van der Waals surface area contributed by atoms with Crippen LogP contribution in [0.4, 0.5) is 10.5 Å². The number of rotatable bonds is 7. The molecule has 0 aliphatic rings. The highest BCUT2D eigenvalue weighted by molar-refractivity contribution is 5.89. The number of hydrogen-bond acceptors (Lipinski definition) is 3. The minimum atomic E-state index is -0.316. The number of urea groups is 1. The lowest BCUT2D eigenvalue weighted by atomic mass is 10.1. The topological polar surface area (TPSA) is 110 Å². The maximum Gasteiger partial charge on any atom is 0.319 e. The van der Waals surface area contributed by atoms with Gasteiger partial charge in [-0.15, -0.1) is 0 Å². The second-order valence-electron chi connectivity index (χ2n) is 4.72. The van der Waals surface area contributed by atoms with Crippen molar-refractivity contribution in [1.82, 2.24) is 5.32 Å². The standard InChI is InChI=1S/C14H22N4O2/c1-10(15)11-5-7-12(8-6-11)18-14(20)17-9-3-2-4-13(16)19/h5-8,10H,2-4,9,15H2,1H3,(H2,16,19)(H2,17,18,20). The molecule has 0 heterocycles. The second-order valence-corrected chi connectivity index (χ2v) is 4.72. The van der Waals surface area contributed by atoms with Crippen LogP contribution >= 0.6 is 0 Å². The first-order chi connectivity index (χ1) is 9.49. The molecule has 0 spiro atoms. The zero-order valence-corrected chi connectivity index (χ0v) is 11.7. The van der Waals surface area contributed by atoms with Crippen molar-refractivity contribution in [1.29, 1.82) is 0 Å². The van der Waals surface area contributed by atoms with Crippen LogP contribution in [0.2, 0.25) is 0 Å². The van der Waals surface area contributed by atoms with Crippen molar-refractivity contribution in [2.75, 3.05) is 11.9 Å². The molecule has 6 nitrogen and oxygen atoms in total. The summed E-state index contributed by atoms with van der Waals surface area (Å²) in [5, 5.41) is 5.44. The quantitative estimate of drug-likeness (QED) is 0.567. The van der Waals surface area contributed by atoms with Gasteiger partial charge in [-0.3, -0.25) is 4.79 Å². The highest BCUT2D eigenvalue weighted by atomic mass is 16.2. The molecule has 0 radical (unpaired) electrons. The van der Waals surface area contributed by atoms with E-state index in [1.54, 1.807) is 0 Å². The van der Waals surface area contributed by atoms with Crippen molar-refractivity contribution in [3.8, 4) is 0 Å². The largest absolute Gasteiger partial charge is 0.370 e. The van der Waals surface area contributed by atoms with Gasteiger partial charge in [0.05, 0.1) is 0 Å². The molecule has 110 valence electrons. The molecule has 1 unspecified atom stereocenters. The Kier molecular flexibility index (Phi) is 6.52. The smallest absolute Gasteiger partial charge is 0.319 e. The molecule has 6 N–H and O–H groups in total. The van der Waals surface area contributed by atoms with Crippen LogP contribution in [-0.4, -0.2) is 18.5 Å². The molecule has 3 amide bonds. The summed E-state index contributed by atoms with van der Waals surface area (Å²) in [4.78, 5) is 22.1. The molecule has 0 aromatic heterocycles. The Morgan fingerprint density at radius 3 is 2.40 bits per heavy atom. The molecule has 0 fully saturated rings. The number of anilines is 1. The Hall–Kier alpha value is -2.08. The first-order valence-electron chi connectivity index (χ1n) is 6.67. The third-order valence-corrected chi connectivity index (χ3v) is 2.83. The maximum atomic E-state index is 11.6. The van der Waals surface area contributed by atoms with Gasteiger partial charge in [0.2, 0.25) is 5.91 Å². The highest BCUT2D eigenvalue weighted by Gasteiger charge is 2.03. The second kappa shape index (κ2) is 8.16. The van der Waals surface area contributed by atoms with Crippen LogP contribution in [0.1, 0.15) is 37.8 Å². The fraction of sp³-hybridized carbons (Fsp3) is 0.429. The van der Waals surface area contributed by atoms with E-state index in [9.17, 15) is 9.59 Å². The Balaban J connectivity index is 2.26. The number of nitrogens with two attached hydrogens (primary N) is 2. The van der Waals surface area contributed by atoms with Crippen LogP contribution < -0.4 is 22.1 Å². The third kappa shape index (κ3) is 6.19. The summed E-state index contributed by atoms with van der Waals surface area (Å²) in [6.07, 6.45) is 1.75. The van der Waals surface area contributed by atoms with E-state index in [-0.39, 0.29) is 18.0 Å². The van der Waals surface area contributed by atoms with E-state index in [1.807, 2.05) is 31.2 Å². The molecular weight excluding hydrogens is 256 g/mol. The Morgan fingerprint density at radius 1 is 1.20 bits per heavy atom. The average Bonchev–Trinajstić information content (AvgIpc) is 2.38. The van der Waals surface area contributed by atoms with E-state index in [1.165, 1.54) is 0 Å². The monoisotopic (exact) mass is 278 g/mol. The van der Waals surface area contributed by atoms with Crippen LogP contribution in [0.3, 0.4) is 0 Å². The Morgan fingerprint density at radius 2 is 1.85 bits per heavy atom. The zero-order chi connectivity index (χ0) is 15.0. The predicted octanol–water partition coefficient (Wildman–Crippen LogP) is 1.48. The lowest BCUT2D eigenvalue weighted by molar-refractivity contribution is -0.118. The first kappa shape index (κ1) is 16.0. The molecule has 0 aliphatic heterocycles. The number of benzene rings is 1. The molecule has 1 atom stereocenters. The van der Waals surface area contributed by atoms with Gasteiger partial charge in [0.1, 0.15) is 0 Å². The van der Waals surface area contributed by atoms with Gasteiger partial charge < -0.3 is 22.1 Å². The zero-order valence-electron chi connectivity index (χ0n) is 11.7. The van der Waals surface area contributed by atoms with Crippen molar-refractivity contribution in [3.63, 3.8) is 0 Å². The van der Waals surface area contributed by atoms with Crippen molar-refractivity contribution >= 4 is 17.6 Å². The van der Waals surface area contributed by atoms with E-state index < -0.39 is 0 Å². The third-order valence-electron chi connectivity index (χ3n) is 2.83. The summed E-state index contributed by atoms with van der Waals surface area (Å²) in [5.74, 6) is -0.316. The molecule has 0 saturated heterocycles. The van der Waals surface area contributed by atoms with Gasteiger partial charge in [-0.05, 0) is 37.5 Å². The van der Waals surface area contributed by atoms with E-state index in [4.69, 9.17) is 11.5 Å². The van der Waals surface area contributed by atoms with Gasteiger partial charge in [0.15, 0.2) is 0 Å². The number of carbonyl (C=O) groups excluding carboxylic acids is 2. The molecular formula is C14H22N4O2. The number of nitrogens with one attached hydrogen (secondary N) is 2. The number of primary amides is 1. The lowest BCUT2D eigenvalue weighted by Crippen LogP contribution is -2.29. The Bertz CT molecular complexity index is 443. The minimum Gasteiger partial charge on any atom is -0.370 e. The van der Waals surface area contributed by atoms with E-state index in [0.29, 0.717) is 25.1 Å². The van der Waals surface area contributed by atoms with Gasteiger partial charge in [-0.25, -0.2) is 4.79 Å². The predicted molar refractivity (Wildman–Crippen MR) is 79.1 cm³/mol. The number of hydrogen-bond donors (Lipinski definition) is 4. The van der Waals surface area contributed by atoms with Crippen molar-refractivity contribution in [2.45, 2.75) is 32.2 Å². The molecule has 0 aliphatic carbocycles. The molecule has 1 aromatic carbocycles. The fourth-order valence-electron chi connectivity index (χ4n) is 1.67. The molecule has 20 heavy (non-hydrogen) atoms. The molecule has 0 bridgehead atoms. The van der Waals surface area contributed by atoms with Gasteiger partial charge in [-0.1, -0.05) is 12.1 Å². The van der Waals surface area contributed by atoms with Crippen LogP contribution in [0.5, 0.6) is 0 Å². The van der Waals surface area contributed by atoms with Gasteiger partial charge in [-0.2, -0.15) is 0 Å². The molecule has 1 aromatic rings.